The Hall–Kier alpha value is -5.07. The molecule has 5 rings (SSSR count). The molecule has 1 saturated carbocycles. The maximum atomic E-state index is 13.8. The van der Waals surface area contributed by atoms with Gasteiger partial charge in [0.25, 0.3) is 0 Å². The van der Waals surface area contributed by atoms with Crippen molar-refractivity contribution in [3.63, 3.8) is 0 Å². The summed E-state index contributed by atoms with van der Waals surface area (Å²) in [6, 6.07) is 19.4. The highest BCUT2D eigenvalue weighted by molar-refractivity contribution is 6.31. The van der Waals surface area contributed by atoms with Crippen LogP contribution in [0, 0.1) is 11.3 Å². The van der Waals surface area contributed by atoms with Crippen LogP contribution in [0.3, 0.4) is 0 Å². The number of ketones is 1. The zero-order chi connectivity index (χ0) is 41.5. The molecule has 3 aromatic rings. The lowest BCUT2D eigenvalue weighted by Gasteiger charge is -2.29. The van der Waals surface area contributed by atoms with Crippen molar-refractivity contribution in [3.8, 4) is 0 Å². The van der Waals surface area contributed by atoms with E-state index < -0.39 is 29.3 Å². The summed E-state index contributed by atoms with van der Waals surface area (Å²) in [5.41, 5.74) is 2.97. The van der Waals surface area contributed by atoms with Crippen molar-refractivity contribution in [3.05, 3.63) is 100 Å². The third kappa shape index (κ3) is 13.5. The topological polar surface area (TPSA) is 183 Å². The summed E-state index contributed by atoms with van der Waals surface area (Å²) in [5, 5.41) is 24.3. The van der Waals surface area contributed by atoms with Gasteiger partial charge in [-0.25, -0.2) is 0 Å². The van der Waals surface area contributed by atoms with Crippen LogP contribution >= 0.6 is 11.6 Å². The zero-order valence-electron chi connectivity index (χ0n) is 33.2. The fourth-order valence-corrected chi connectivity index (χ4v) is 8.08. The van der Waals surface area contributed by atoms with Gasteiger partial charge in [-0.3, -0.25) is 28.8 Å². The minimum atomic E-state index is -1.01. The molecule has 2 aliphatic rings. The minimum Gasteiger partial charge on any atom is -0.392 e. The smallest absolute Gasteiger partial charge is 0.243 e. The van der Waals surface area contributed by atoms with Gasteiger partial charge in [0.2, 0.25) is 29.5 Å². The molecule has 0 unspecified atom stereocenters. The molecule has 310 valence electrons. The molecule has 1 aliphatic heterocycles. The van der Waals surface area contributed by atoms with Crippen LogP contribution in [0.15, 0.2) is 72.8 Å². The molecule has 1 saturated heterocycles. The molecule has 12 nitrogen and oxygen atoms in total. The first kappa shape index (κ1) is 44.0. The van der Waals surface area contributed by atoms with Crippen molar-refractivity contribution < 1.29 is 33.9 Å². The SMILES string of the molecule is C[C@H]1NC(=O)[C@@H](Cc2ccc(NC(=O)[C@@H](CC(=O)Cc3ccc(CO)cc3)Cc3ccccc3Cl)cc2)NC(=O)CC2(CCCC2)CC(=O)NCCCCCNC1=O. The molecule has 3 aromatic carbocycles. The van der Waals surface area contributed by atoms with E-state index in [1.807, 2.05) is 12.1 Å². The van der Waals surface area contributed by atoms with Crippen LogP contribution in [0.5, 0.6) is 0 Å². The van der Waals surface area contributed by atoms with Gasteiger partial charge < -0.3 is 31.7 Å². The van der Waals surface area contributed by atoms with E-state index in [1.54, 1.807) is 67.6 Å². The first-order valence-corrected chi connectivity index (χ1v) is 20.8. The molecular formula is C45H56ClN5O7. The summed E-state index contributed by atoms with van der Waals surface area (Å²) in [7, 11) is 0. The van der Waals surface area contributed by atoms with Crippen molar-refractivity contribution in [1.82, 2.24) is 21.3 Å². The first-order valence-electron chi connectivity index (χ1n) is 20.4. The number of rotatable bonds is 11. The van der Waals surface area contributed by atoms with Crippen molar-refractivity contribution in [2.24, 2.45) is 11.3 Å². The Bertz CT molecular complexity index is 1900. The van der Waals surface area contributed by atoms with Gasteiger partial charge in [-0.1, -0.05) is 79.0 Å². The molecule has 1 heterocycles. The number of Topliss-reactive ketones (excluding diaryl/α,β-unsaturated/α-hetero) is 1. The van der Waals surface area contributed by atoms with E-state index in [9.17, 15) is 33.9 Å². The van der Waals surface area contributed by atoms with Gasteiger partial charge in [-0.2, -0.15) is 0 Å². The quantitative estimate of drug-likeness (QED) is 0.155. The molecule has 3 atom stereocenters. The van der Waals surface area contributed by atoms with E-state index in [4.69, 9.17) is 11.6 Å². The highest BCUT2D eigenvalue weighted by Gasteiger charge is 2.39. The Morgan fingerprint density at radius 3 is 2.10 bits per heavy atom. The van der Waals surface area contributed by atoms with Crippen LogP contribution in [-0.4, -0.2) is 65.6 Å². The van der Waals surface area contributed by atoms with Gasteiger partial charge in [0.1, 0.15) is 17.9 Å². The zero-order valence-corrected chi connectivity index (χ0v) is 34.0. The van der Waals surface area contributed by atoms with Crippen LogP contribution in [0.25, 0.3) is 0 Å². The molecule has 1 aliphatic carbocycles. The first-order chi connectivity index (χ1) is 27.9. The second-order valence-electron chi connectivity index (χ2n) is 15.9. The molecule has 0 radical (unpaired) electrons. The van der Waals surface area contributed by atoms with E-state index in [1.165, 1.54) is 0 Å². The van der Waals surface area contributed by atoms with Crippen LogP contribution in [0.2, 0.25) is 5.02 Å². The monoisotopic (exact) mass is 813 g/mol. The minimum absolute atomic E-state index is 0.0181. The van der Waals surface area contributed by atoms with Gasteiger partial charge >= 0.3 is 0 Å². The molecule has 0 bridgehead atoms. The lowest BCUT2D eigenvalue weighted by atomic mass is 9.78. The maximum absolute atomic E-state index is 13.8. The standard InChI is InChI=1S/C45H56ClN5O7/c1-30-42(56)48-22-8-2-7-21-47-40(54)27-45(19-5-6-20-45)28-41(55)51-39(44(58)49-30)24-32-15-17-36(18-16-32)50-43(57)35(25-34-9-3-4-10-38(34)46)26-37(53)23-31-11-13-33(29-52)14-12-31/h3-4,9-18,30,35,39,52H,2,5-8,19-29H2,1H3,(H,47,54)(H,48,56)(H,49,58)(H,50,57)(H,51,55)/t30-,35-,39-/m1/s1. The summed E-state index contributed by atoms with van der Waals surface area (Å²) in [6.45, 7) is 2.49. The normalized spacial score (nSPS) is 20.1. The second kappa shape index (κ2) is 21.6. The van der Waals surface area contributed by atoms with Crippen LogP contribution in [0.1, 0.15) is 93.4 Å². The van der Waals surface area contributed by atoms with Gasteiger partial charge in [0.15, 0.2) is 0 Å². The predicted octanol–water partition coefficient (Wildman–Crippen LogP) is 5.12. The molecule has 0 aromatic heterocycles. The van der Waals surface area contributed by atoms with Crippen molar-refractivity contribution >= 4 is 52.6 Å². The van der Waals surface area contributed by atoms with Crippen molar-refractivity contribution in [2.45, 2.75) is 109 Å². The summed E-state index contributed by atoms with van der Waals surface area (Å²) in [6.07, 6.45) is 6.54. The Morgan fingerprint density at radius 2 is 1.41 bits per heavy atom. The number of amides is 5. The van der Waals surface area contributed by atoms with E-state index in [0.717, 1.165) is 61.6 Å². The number of hydrogen-bond donors (Lipinski definition) is 6. The van der Waals surface area contributed by atoms with E-state index in [0.29, 0.717) is 29.4 Å². The van der Waals surface area contributed by atoms with Crippen LogP contribution in [-0.2, 0) is 54.6 Å². The number of halogens is 1. The summed E-state index contributed by atoms with van der Waals surface area (Å²) >= 11 is 6.46. The number of benzene rings is 3. The Balaban J connectivity index is 1.29. The number of aliphatic hydroxyl groups excluding tert-OH is 1. The summed E-state index contributed by atoms with van der Waals surface area (Å²) in [4.78, 5) is 80.1. The van der Waals surface area contributed by atoms with Crippen molar-refractivity contribution in [2.75, 3.05) is 18.4 Å². The Kier molecular flexibility index (Phi) is 16.4. The molecule has 2 fully saturated rings. The fourth-order valence-electron chi connectivity index (χ4n) is 7.87. The van der Waals surface area contributed by atoms with Gasteiger partial charge in [0, 0.05) is 61.8 Å². The third-order valence-corrected chi connectivity index (χ3v) is 11.5. The van der Waals surface area contributed by atoms with E-state index >= 15 is 0 Å². The average Bonchev–Trinajstić information content (AvgIpc) is 3.65. The van der Waals surface area contributed by atoms with Crippen molar-refractivity contribution in [1.29, 1.82) is 0 Å². The molecular weight excluding hydrogens is 758 g/mol. The number of anilines is 1. The number of hydrogen-bond acceptors (Lipinski definition) is 7. The predicted molar refractivity (Wildman–Crippen MR) is 223 cm³/mol. The number of carbonyl (C=O) groups excluding carboxylic acids is 6. The van der Waals surface area contributed by atoms with Gasteiger partial charge in [-0.15, -0.1) is 0 Å². The molecule has 13 heteroatoms. The molecule has 6 N–H and O–H groups in total. The van der Waals surface area contributed by atoms with Gasteiger partial charge in [-0.05, 0) is 91.3 Å². The third-order valence-electron chi connectivity index (χ3n) is 11.2. The highest BCUT2D eigenvalue weighted by Crippen LogP contribution is 2.44. The second-order valence-corrected chi connectivity index (χ2v) is 16.3. The summed E-state index contributed by atoms with van der Waals surface area (Å²) < 4.78 is 0. The molecule has 58 heavy (non-hydrogen) atoms. The molecule has 5 amide bonds. The lowest BCUT2D eigenvalue weighted by Crippen LogP contribution is -2.54. The van der Waals surface area contributed by atoms with E-state index in [-0.39, 0.29) is 74.5 Å². The lowest BCUT2D eigenvalue weighted by molar-refractivity contribution is -0.133. The fraction of sp³-hybridized carbons (Fsp3) is 0.467. The van der Waals surface area contributed by atoms with E-state index in [2.05, 4.69) is 26.6 Å². The highest BCUT2D eigenvalue weighted by atomic mass is 35.5. The largest absolute Gasteiger partial charge is 0.392 e. The number of carbonyl (C=O) groups is 6. The average molecular weight is 814 g/mol. The number of nitrogens with one attached hydrogen (secondary N) is 5. The summed E-state index contributed by atoms with van der Waals surface area (Å²) in [5.74, 6) is -2.44. The number of aliphatic hydroxyl groups is 1. The molecule has 1 spiro atoms. The Labute approximate surface area is 345 Å². The van der Waals surface area contributed by atoms with Crippen LogP contribution in [0.4, 0.5) is 5.69 Å². The maximum Gasteiger partial charge on any atom is 0.243 e. The Morgan fingerprint density at radius 1 is 0.776 bits per heavy atom. The van der Waals surface area contributed by atoms with Crippen LogP contribution < -0.4 is 26.6 Å². The van der Waals surface area contributed by atoms with Gasteiger partial charge in [0.05, 0.1) is 6.61 Å².